The van der Waals surface area contributed by atoms with Crippen LogP contribution in [0.1, 0.15) is 39.0 Å². The number of rotatable bonds is 3. The summed E-state index contributed by atoms with van der Waals surface area (Å²) in [6, 6.07) is 3.59. The zero-order valence-electron chi connectivity index (χ0n) is 12.9. The standard InChI is InChI=1S/C16H23N3O2.ClH/c1-2-19-10-12(7-8-15(19)20)17-16(21)14-9-11-5-3-4-6-13(11)18-14;/h7-8,10-11,13-14,18H,2-6,9H2,1H3,(H,17,21);1H. The van der Waals surface area contributed by atoms with E-state index in [1.807, 2.05) is 6.92 Å². The number of hydrogen-bond donors (Lipinski definition) is 2. The van der Waals surface area contributed by atoms with Crippen LogP contribution in [0.25, 0.3) is 0 Å². The van der Waals surface area contributed by atoms with Gasteiger partial charge in [0.2, 0.25) is 5.91 Å². The number of fused-ring (bicyclic) bond motifs is 1. The molecule has 0 aromatic carbocycles. The molecule has 6 heteroatoms. The predicted octanol–water partition coefficient (Wildman–Crippen LogP) is 2.15. The summed E-state index contributed by atoms with van der Waals surface area (Å²) in [6.07, 6.45) is 7.63. The molecule has 1 aromatic heterocycles. The lowest BCUT2D eigenvalue weighted by Gasteiger charge is -2.24. The van der Waals surface area contributed by atoms with Crippen molar-refractivity contribution >= 4 is 24.0 Å². The average molecular weight is 326 g/mol. The number of carbonyl (C=O) groups is 1. The van der Waals surface area contributed by atoms with Gasteiger partial charge in [-0.3, -0.25) is 9.59 Å². The van der Waals surface area contributed by atoms with Gasteiger partial charge in [0, 0.05) is 24.8 Å². The number of nitrogens with one attached hydrogen (secondary N) is 2. The van der Waals surface area contributed by atoms with Gasteiger partial charge in [-0.05, 0) is 38.2 Å². The molecule has 122 valence electrons. The van der Waals surface area contributed by atoms with Gasteiger partial charge in [0.05, 0.1) is 11.7 Å². The lowest BCUT2D eigenvalue weighted by molar-refractivity contribution is -0.117. The predicted molar refractivity (Wildman–Crippen MR) is 89.5 cm³/mol. The second kappa shape index (κ2) is 7.29. The summed E-state index contributed by atoms with van der Waals surface area (Å²) in [5, 5.41) is 6.41. The lowest BCUT2D eigenvalue weighted by atomic mass is 9.85. The zero-order valence-corrected chi connectivity index (χ0v) is 13.7. The molecular formula is C16H24ClN3O2. The fourth-order valence-corrected chi connectivity index (χ4v) is 3.60. The van der Waals surface area contributed by atoms with Gasteiger partial charge in [-0.1, -0.05) is 12.8 Å². The monoisotopic (exact) mass is 325 g/mol. The highest BCUT2D eigenvalue weighted by atomic mass is 35.5. The fraction of sp³-hybridized carbons (Fsp3) is 0.625. The molecular weight excluding hydrogens is 302 g/mol. The van der Waals surface area contributed by atoms with Crippen molar-refractivity contribution in [3.63, 3.8) is 0 Å². The first-order valence-corrected chi connectivity index (χ1v) is 7.95. The Kier molecular flexibility index (Phi) is 5.64. The maximum atomic E-state index is 12.4. The minimum Gasteiger partial charge on any atom is -0.323 e. The number of halogens is 1. The molecule has 3 rings (SSSR count). The SMILES string of the molecule is CCn1cc(NC(=O)C2CC3CCCCC3N2)ccc1=O.Cl. The van der Waals surface area contributed by atoms with E-state index in [9.17, 15) is 9.59 Å². The van der Waals surface area contributed by atoms with Crippen LogP contribution in [0.4, 0.5) is 5.69 Å². The molecule has 2 fully saturated rings. The largest absolute Gasteiger partial charge is 0.323 e. The average Bonchev–Trinajstić information content (AvgIpc) is 2.93. The number of nitrogens with zero attached hydrogens (tertiary/aromatic N) is 1. The minimum absolute atomic E-state index is 0. The first-order valence-electron chi connectivity index (χ1n) is 7.95. The van der Waals surface area contributed by atoms with Gasteiger partial charge in [-0.25, -0.2) is 0 Å². The van der Waals surface area contributed by atoms with Crippen LogP contribution in [0.3, 0.4) is 0 Å². The van der Waals surface area contributed by atoms with Crippen LogP contribution < -0.4 is 16.2 Å². The number of amides is 1. The molecule has 0 radical (unpaired) electrons. The molecule has 0 spiro atoms. The molecule has 1 aromatic rings. The van der Waals surface area contributed by atoms with E-state index < -0.39 is 0 Å². The van der Waals surface area contributed by atoms with Crippen molar-refractivity contribution in [3.05, 3.63) is 28.7 Å². The number of carbonyl (C=O) groups excluding carboxylic acids is 1. The highest BCUT2D eigenvalue weighted by Gasteiger charge is 2.38. The first-order chi connectivity index (χ1) is 10.2. The van der Waals surface area contributed by atoms with Crippen molar-refractivity contribution < 1.29 is 4.79 Å². The topological polar surface area (TPSA) is 63.1 Å². The van der Waals surface area contributed by atoms with Crippen LogP contribution in [0, 0.1) is 5.92 Å². The summed E-state index contributed by atoms with van der Waals surface area (Å²) < 4.78 is 1.59. The molecule has 1 saturated carbocycles. The van der Waals surface area contributed by atoms with Crippen LogP contribution in [0.2, 0.25) is 0 Å². The lowest BCUT2D eigenvalue weighted by Crippen LogP contribution is -2.40. The van der Waals surface area contributed by atoms with Crippen LogP contribution in [-0.4, -0.2) is 22.6 Å². The van der Waals surface area contributed by atoms with E-state index in [1.54, 1.807) is 16.8 Å². The highest BCUT2D eigenvalue weighted by molar-refractivity contribution is 5.95. The Morgan fingerprint density at radius 1 is 1.36 bits per heavy atom. The third kappa shape index (κ3) is 3.52. The Hall–Kier alpha value is -1.33. The van der Waals surface area contributed by atoms with Crippen LogP contribution >= 0.6 is 12.4 Å². The molecule has 3 atom stereocenters. The molecule has 5 nitrogen and oxygen atoms in total. The van der Waals surface area contributed by atoms with Crippen molar-refractivity contribution in [1.82, 2.24) is 9.88 Å². The molecule has 22 heavy (non-hydrogen) atoms. The molecule has 2 heterocycles. The molecule has 2 aliphatic rings. The van der Waals surface area contributed by atoms with E-state index in [1.165, 1.54) is 31.7 Å². The number of aryl methyl sites for hydroxylation is 1. The molecule has 1 aliphatic carbocycles. The van der Waals surface area contributed by atoms with E-state index in [4.69, 9.17) is 0 Å². The Morgan fingerprint density at radius 3 is 2.86 bits per heavy atom. The van der Waals surface area contributed by atoms with E-state index in [-0.39, 0.29) is 29.9 Å². The molecule has 1 amide bonds. The Labute approximate surface area is 136 Å². The Balaban J connectivity index is 0.00000176. The summed E-state index contributed by atoms with van der Waals surface area (Å²) >= 11 is 0. The third-order valence-electron chi connectivity index (χ3n) is 4.77. The van der Waals surface area contributed by atoms with Crippen molar-refractivity contribution in [2.45, 2.75) is 57.7 Å². The van der Waals surface area contributed by atoms with Gasteiger partial charge >= 0.3 is 0 Å². The van der Waals surface area contributed by atoms with Crippen molar-refractivity contribution in [3.8, 4) is 0 Å². The summed E-state index contributed by atoms with van der Waals surface area (Å²) in [5.74, 6) is 0.671. The summed E-state index contributed by atoms with van der Waals surface area (Å²) in [4.78, 5) is 23.9. The highest BCUT2D eigenvalue weighted by Crippen LogP contribution is 2.33. The van der Waals surface area contributed by atoms with Crippen molar-refractivity contribution in [2.75, 3.05) is 5.32 Å². The van der Waals surface area contributed by atoms with E-state index in [0.29, 0.717) is 24.2 Å². The maximum absolute atomic E-state index is 12.4. The van der Waals surface area contributed by atoms with Crippen LogP contribution in [0.5, 0.6) is 0 Å². The molecule has 2 N–H and O–H groups in total. The van der Waals surface area contributed by atoms with Crippen molar-refractivity contribution in [1.29, 1.82) is 0 Å². The normalized spacial score (nSPS) is 26.9. The first kappa shape index (κ1) is 17.0. The fourth-order valence-electron chi connectivity index (χ4n) is 3.60. The molecule has 0 bridgehead atoms. The van der Waals surface area contributed by atoms with Crippen LogP contribution in [-0.2, 0) is 11.3 Å². The number of pyridine rings is 1. The second-order valence-electron chi connectivity index (χ2n) is 6.14. The van der Waals surface area contributed by atoms with E-state index >= 15 is 0 Å². The third-order valence-corrected chi connectivity index (χ3v) is 4.77. The molecule has 3 unspecified atom stereocenters. The minimum atomic E-state index is -0.0971. The van der Waals surface area contributed by atoms with Gasteiger partial charge in [0.15, 0.2) is 0 Å². The summed E-state index contributed by atoms with van der Waals surface area (Å²) in [5.41, 5.74) is 0.652. The molecule has 1 saturated heterocycles. The Bertz CT molecular complexity index is 573. The summed E-state index contributed by atoms with van der Waals surface area (Å²) in [7, 11) is 0. The van der Waals surface area contributed by atoms with Crippen molar-refractivity contribution in [2.24, 2.45) is 5.92 Å². The smallest absolute Gasteiger partial charge is 0.250 e. The van der Waals surface area contributed by atoms with Gasteiger partial charge in [0.1, 0.15) is 0 Å². The van der Waals surface area contributed by atoms with Gasteiger partial charge in [-0.2, -0.15) is 0 Å². The quantitative estimate of drug-likeness (QED) is 0.895. The van der Waals surface area contributed by atoms with E-state index in [2.05, 4.69) is 10.6 Å². The van der Waals surface area contributed by atoms with E-state index in [0.717, 1.165) is 6.42 Å². The van der Waals surface area contributed by atoms with Gasteiger partial charge < -0.3 is 15.2 Å². The van der Waals surface area contributed by atoms with Gasteiger partial charge in [-0.15, -0.1) is 12.4 Å². The summed E-state index contributed by atoms with van der Waals surface area (Å²) in [6.45, 7) is 2.52. The zero-order chi connectivity index (χ0) is 14.8. The van der Waals surface area contributed by atoms with Gasteiger partial charge in [0.25, 0.3) is 5.56 Å². The number of hydrogen-bond acceptors (Lipinski definition) is 3. The number of anilines is 1. The maximum Gasteiger partial charge on any atom is 0.250 e. The Morgan fingerprint density at radius 2 is 2.14 bits per heavy atom. The second-order valence-corrected chi connectivity index (χ2v) is 6.14. The molecule has 1 aliphatic heterocycles. The van der Waals surface area contributed by atoms with Crippen LogP contribution in [0.15, 0.2) is 23.1 Å². The number of aromatic nitrogens is 1.